The number of nitrogens with one attached hydrogen (secondary N) is 1. The van der Waals surface area contributed by atoms with Gasteiger partial charge in [0.25, 0.3) is 10.0 Å². The van der Waals surface area contributed by atoms with Gasteiger partial charge in [-0.05, 0) is 62.4 Å². The highest BCUT2D eigenvalue weighted by molar-refractivity contribution is 7.94. The van der Waals surface area contributed by atoms with Gasteiger partial charge in [-0.25, -0.2) is 18.0 Å². The molecule has 0 amide bonds. The van der Waals surface area contributed by atoms with Gasteiger partial charge >= 0.3 is 18.1 Å². The summed E-state index contributed by atoms with van der Waals surface area (Å²) < 4.78 is 61.2. The van der Waals surface area contributed by atoms with Gasteiger partial charge in [0.1, 0.15) is 4.21 Å². The number of thiophene rings is 1. The first-order chi connectivity index (χ1) is 17.6. The second kappa shape index (κ2) is 12.3. The predicted molar refractivity (Wildman–Crippen MR) is 137 cm³/mol. The van der Waals surface area contributed by atoms with E-state index < -0.39 is 28.1 Å². The van der Waals surface area contributed by atoms with Crippen LogP contribution in [0.4, 0.5) is 24.5 Å². The molecule has 208 valence electrons. The number of benzene rings is 1. The Kier molecular flexibility index (Phi) is 9.92. The minimum Gasteiger partial charge on any atom is -0.478 e. The predicted octanol–water partition coefficient (Wildman–Crippen LogP) is 4.39. The molecule has 0 aliphatic rings. The van der Waals surface area contributed by atoms with Crippen molar-refractivity contribution in [2.24, 2.45) is 0 Å². The first-order valence-electron chi connectivity index (χ1n) is 11.1. The van der Waals surface area contributed by atoms with Crippen molar-refractivity contribution in [2.45, 2.75) is 44.1 Å². The number of anilines is 2. The van der Waals surface area contributed by atoms with Crippen molar-refractivity contribution in [1.82, 2.24) is 9.78 Å². The van der Waals surface area contributed by atoms with Crippen LogP contribution in [0.1, 0.15) is 34.2 Å². The van der Waals surface area contributed by atoms with E-state index in [1.165, 1.54) is 12.1 Å². The van der Waals surface area contributed by atoms with E-state index in [9.17, 15) is 31.5 Å². The molecule has 0 saturated carbocycles. The van der Waals surface area contributed by atoms with Crippen molar-refractivity contribution in [3.05, 3.63) is 58.2 Å². The summed E-state index contributed by atoms with van der Waals surface area (Å²) in [6.07, 6.45) is -4.36. The summed E-state index contributed by atoms with van der Waals surface area (Å²) >= 11 is 1.10. The van der Waals surface area contributed by atoms with Crippen molar-refractivity contribution >= 4 is 44.7 Å². The number of aromatic carboxylic acids is 1. The van der Waals surface area contributed by atoms with Crippen LogP contribution in [0.15, 0.2) is 39.9 Å². The van der Waals surface area contributed by atoms with Gasteiger partial charge in [-0.15, -0.1) is 11.3 Å². The van der Waals surface area contributed by atoms with Gasteiger partial charge in [-0.1, -0.05) is 6.07 Å². The summed E-state index contributed by atoms with van der Waals surface area (Å²) in [5, 5.41) is 23.0. The van der Waals surface area contributed by atoms with Crippen molar-refractivity contribution in [3.63, 3.8) is 0 Å². The van der Waals surface area contributed by atoms with Gasteiger partial charge in [-0.3, -0.25) is 9.40 Å². The molecular weight excluding hydrogens is 549 g/mol. The normalized spacial score (nSPS) is 11.4. The van der Waals surface area contributed by atoms with Crippen LogP contribution in [0, 0.1) is 13.8 Å². The number of aryl methyl sites for hydroxylation is 2. The second-order valence-electron chi connectivity index (χ2n) is 8.01. The minimum absolute atomic E-state index is 0.0339. The topological polar surface area (TPSA) is 142 Å². The highest BCUT2D eigenvalue weighted by atomic mass is 32.2. The lowest BCUT2D eigenvalue weighted by Crippen LogP contribution is -2.23. The number of hydrogen-bond acceptors (Lipinski definition) is 7. The highest BCUT2D eigenvalue weighted by Crippen LogP contribution is 2.27. The van der Waals surface area contributed by atoms with Gasteiger partial charge in [0, 0.05) is 31.5 Å². The van der Waals surface area contributed by atoms with E-state index in [0.29, 0.717) is 12.2 Å². The maximum Gasteiger partial charge on any atom is 0.490 e. The van der Waals surface area contributed by atoms with Gasteiger partial charge < -0.3 is 15.1 Å². The SMILES string of the molecule is CCn1nc(C)c(CCN(C)c2ccc(NS(=O)(=O)c3cccs3)cc2C(=O)O)c1C.O=C(O)C(F)(F)F. The van der Waals surface area contributed by atoms with Crippen LogP contribution < -0.4 is 9.62 Å². The zero-order valence-corrected chi connectivity index (χ0v) is 22.5. The first kappa shape index (κ1) is 30.6. The fourth-order valence-corrected chi connectivity index (χ4v) is 5.57. The molecule has 0 atom stereocenters. The van der Waals surface area contributed by atoms with Crippen LogP contribution in [0.5, 0.6) is 0 Å². The summed E-state index contributed by atoms with van der Waals surface area (Å²) in [7, 11) is -1.92. The molecule has 3 N–H and O–H groups in total. The molecule has 3 rings (SSSR count). The van der Waals surface area contributed by atoms with Gasteiger partial charge in [0.05, 0.1) is 16.9 Å². The molecular formula is C23H27F3N4O6S2. The minimum atomic E-state index is -5.08. The Balaban J connectivity index is 0.000000638. The zero-order chi connectivity index (χ0) is 28.8. The maximum absolute atomic E-state index is 12.4. The molecule has 0 aliphatic carbocycles. The fourth-order valence-electron chi connectivity index (χ4n) is 3.53. The molecule has 10 nitrogen and oxygen atoms in total. The van der Waals surface area contributed by atoms with Crippen molar-refractivity contribution in [3.8, 4) is 0 Å². The molecule has 0 spiro atoms. The van der Waals surface area contributed by atoms with Crippen molar-refractivity contribution in [1.29, 1.82) is 0 Å². The van der Waals surface area contributed by atoms with E-state index >= 15 is 0 Å². The Morgan fingerprint density at radius 2 is 1.82 bits per heavy atom. The van der Waals surface area contributed by atoms with E-state index in [0.717, 1.165) is 41.3 Å². The molecule has 2 aromatic heterocycles. The number of halogens is 3. The Labute approximate surface area is 221 Å². The second-order valence-corrected chi connectivity index (χ2v) is 10.9. The fraction of sp³-hybridized carbons (Fsp3) is 0.348. The molecule has 38 heavy (non-hydrogen) atoms. The van der Waals surface area contributed by atoms with Crippen molar-refractivity contribution in [2.75, 3.05) is 23.2 Å². The van der Waals surface area contributed by atoms with Crippen molar-refractivity contribution < 1.29 is 41.4 Å². The van der Waals surface area contributed by atoms with E-state index in [4.69, 9.17) is 9.90 Å². The number of carboxylic acids is 2. The number of carbonyl (C=O) groups is 2. The Morgan fingerprint density at radius 3 is 2.29 bits per heavy atom. The monoisotopic (exact) mass is 576 g/mol. The molecule has 0 bridgehead atoms. The van der Waals surface area contributed by atoms with E-state index in [-0.39, 0.29) is 15.5 Å². The van der Waals surface area contributed by atoms with E-state index in [2.05, 4.69) is 9.82 Å². The number of hydrogen-bond donors (Lipinski definition) is 3. The van der Waals surface area contributed by atoms with Gasteiger partial charge in [0.2, 0.25) is 0 Å². The zero-order valence-electron chi connectivity index (χ0n) is 20.9. The number of sulfonamides is 1. The lowest BCUT2D eigenvalue weighted by Gasteiger charge is -2.22. The molecule has 0 fully saturated rings. The molecule has 2 heterocycles. The quantitative estimate of drug-likeness (QED) is 0.341. The number of nitrogens with zero attached hydrogens (tertiary/aromatic N) is 3. The summed E-state index contributed by atoms with van der Waals surface area (Å²) in [5.41, 5.74) is 4.01. The van der Waals surface area contributed by atoms with Gasteiger partial charge in [-0.2, -0.15) is 18.3 Å². The largest absolute Gasteiger partial charge is 0.490 e. The molecule has 15 heteroatoms. The summed E-state index contributed by atoms with van der Waals surface area (Å²) in [6, 6.07) is 7.70. The third kappa shape index (κ3) is 7.71. The average molecular weight is 577 g/mol. The molecule has 3 aromatic rings. The molecule has 0 radical (unpaired) electrons. The van der Waals surface area contributed by atoms with E-state index in [1.54, 1.807) is 23.6 Å². The van der Waals surface area contributed by atoms with Crippen LogP contribution in [-0.4, -0.2) is 60.1 Å². The number of aromatic nitrogens is 2. The van der Waals surface area contributed by atoms with Crippen LogP contribution in [-0.2, 0) is 27.8 Å². The Morgan fingerprint density at radius 1 is 1.18 bits per heavy atom. The molecule has 0 aliphatic heterocycles. The smallest absolute Gasteiger partial charge is 0.478 e. The van der Waals surface area contributed by atoms with Crippen LogP contribution in [0.2, 0.25) is 0 Å². The van der Waals surface area contributed by atoms with Crippen LogP contribution in [0.25, 0.3) is 0 Å². The third-order valence-electron chi connectivity index (χ3n) is 5.42. The lowest BCUT2D eigenvalue weighted by molar-refractivity contribution is -0.192. The number of alkyl halides is 3. The summed E-state index contributed by atoms with van der Waals surface area (Å²) in [5.74, 6) is -3.88. The number of likely N-dealkylation sites (N-methyl/N-ethyl adjacent to an activating group) is 1. The molecule has 1 aromatic carbocycles. The van der Waals surface area contributed by atoms with Crippen LogP contribution >= 0.6 is 11.3 Å². The molecule has 0 saturated heterocycles. The molecule has 0 unspecified atom stereocenters. The average Bonchev–Trinajstić information content (AvgIpc) is 3.46. The Bertz CT molecular complexity index is 1390. The number of rotatable bonds is 9. The van der Waals surface area contributed by atoms with E-state index in [1.807, 2.05) is 37.4 Å². The van der Waals surface area contributed by atoms with Crippen LogP contribution in [0.3, 0.4) is 0 Å². The van der Waals surface area contributed by atoms with Gasteiger partial charge in [0.15, 0.2) is 0 Å². The maximum atomic E-state index is 12.4. The summed E-state index contributed by atoms with van der Waals surface area (Å²) in [4.78, 5) is 22.6. The lowest BCUT2D eigenvalue weighted by atomic mass is 10.1. The standard InChI is InChI=1S/C21H26N4O4S2.C2HF3O2/c1-5-25-15(3)17(14(2)22-25)10-11-24(4)19-9-8-16(13-18(19)21(26)27)23-31(28,29)20-7-6-12-30-20;3-2(4,5)1(6)7/h6-9,12-13,23H,5,10-11H2,1-4H3,(H,26,27);(H,6,7). The summed E-state index contributed by atoms with van der Waals surface area (Å²) in [6.45, 7) is 7.45. The highest BCUT2D eigenvalue weighted by Gasteiger charge is 2.38. The third-order valence-corrected chi connectivity index (χ3v) is 8.20. The number of carboxylic acid groups (broad SMARTS) is 2. The Hall–Kier alpha value is -3.59. The number of aliphatic carboxylic acids is 1. The first-order valence-corrected chi connectivity index (χ1v) is 13.4.